The minimum atomic E-state index is -0.386. The summed E-state index contributed by atoms with van der Waals surface area (Å²) in [5, 5.41) is 3.74. The Labute approximate surface area is 180 Å². The van der Waals surface area contributed by atoms with E-state index in [1.54, 1.807) is 12.1 Å². The van der Waals surface area contributed by atoms with Crippen LogP contribution in [0.2, 0.25) is 5.02 Å². The monoisotopic (exact) mass is 416 g/mol. The maximum absolute atomic E-state index is 13.5. The number of aryl methyl sites for hydroxylation is 3. The first-order valence-electron chi connectivity index (χ1n) is 9.65. The summed E-state index contributed by atoms with van der Waals surface area (Å²) in [5.74, 6) is -0.735. The lowest BCUT2D eigenvalue weighted by atomic mass is 10.0. The number of carbonyl (C=O) groups is 2. The van der Waals surface area contributed by atoms with Gasteiger partial charge in [0.2, 0.25) is 0 Å². The molecule has 0 saturated heterocycles. The standard InChI is InChI=1S/C25H21ClN2O2/c1-15-11-16(2)13-20(12-15)28-24(29)22(18-7-5-4-6-8-18)23(25(28)30)27-21-14-19(26)10-9-17(21)3/h4-14,27H,1-3H3. The molecule has 0 atom stereocenters. The fraction of sp³-hybridized carbons (Fsp3) is 0.120. The van der Waals surface area contributed by atoms with Gasteiger partial charge in [0.05, 0.1) is 11.3 Å². The lowest BCUT2D eigenvalue weighted by molar-refractivity contribution is -0.120. The fourth-order valence-corrected chi connectivity index (χ4v) is 3.87. The molecule has 0 spiro atoms. The van der Waals surface area contributed by atoms with Gasteiger partial charge in [0.25, 0.3) is 11.8 Å². The average molecular weight is 417 g/mol. The molecule has 0 unspecified atom stereocenters. The second-order valence-electron chi connectivity index (χ2n) is 7.49. The maximum atomic E-state index is 13.5. The summed E-state index contributed by atoms with van der Waals surface area (Å²) < 4.78 is 0. The van der Waals surface area contributed by atoms with E-state index in [-0.39, 0.29) is 17.5 Å². The Bertz CT molecular complexity index is 1180. The van der Waals surface area contributed by atoms with Gasteiger partial charge in [0.1, 0.15) is 5.70 Å². The topological polar surface area (TPSA) is 49.4 Å². The van der Waals surface area contributed by atoms with Gasteiger partial charge in [-0.3, -0.25) is 9.59 Å². The van der Waals surface area contributed by atoms with Crippen molar-refractivity contribution in [2.24, 2.45) is 0 Å². The van der Waals surface area contributed by atoms with E-state index in [4.69, 9.17) is 11.6 Å². The molecule has 30 heavy (non-hydrogen) atoms. The molecule has 1 heterocycles. The van der Waals surface area contributed by atoms with E-state index in [9.17, 15) is 9.59 Å². The van der Waals surface area contributed by atoms with Crippen LogP contribution in [0.25, 0.3) is 5.57 Å². The summed E-state index contributed by atoms with van der Waals surface area (Å²) in [4.78, 5) is 28.2. The van der Waals surface area contributed by atoms with Gasteiger partial charge in [-0.1, -0.05) is 54.1 Å². The van der Waals surface area contributed by atoms with E-state index in [1.807, 2.05) is 75.4 Å². The largest absolute Gasteiger partial charge is 0.350 e. The van der Waals surface area contributed by atoms with Crippen LogP contribution in [-0.2, 0) is 9.59 Å². The molecule has 3 aromatic rings. The van der Waals surface area contributed by atoms with E-state index < -0.39 is 0 Å². The van der Waals surface area contributed by atoms with Gasteiger partial charge in [-0.05, 0) is 67.3 Å². The number of anilines is 2. The molecular formula is C25H21ClN2O2. The minimum Gasteiger partial charge on any atom is -0.350 e. The van der Waals surface area contributed by atoms with E-state index in [0.29, 0.717) is 27.5 Å². The third kappa shape index (κ3) is 3.62. The van der Waals surface area contributed by atoms with Crippen molar-refractivity contribution >= 4 is 40.4 Å². The molecule has 1 aliphatic heterocycles. The van der Waals surface area contributed by atoms with Gasteiger partial charge in [0.15, 0.2) is 0 Å². The summed E-state index contributed by atoms with van der Waals surface area (Å²) in [6.07, 6.45) is 0. The normalized spacial score (nSPS) is 13.9. The molecule has 1 aliphatic rings. The predicted octanol–water partition coefficient (Wildman–Crippen LogP) is 5.66. The quantitative estimate of drug-likeness (QED) is 0.558. The molecule has 0 aromatic heterocycles. The summed E-state index contributed by atoms with van der Waals surface area (Å²) in [6.45, 7) is 5.81. The van der Waals surface area contributed by atoms with E-state index in [1.165, 1.54) is 4.90 Å². The highest BCUT2D eigenvalue weighted by Gasteiger charge is 2.40. The number of benzene rings is 3. The Morgan fingerprint density at radius 2 is 1.47 bits per heavy atom. The van der Waals surface area contributed by atoms with E-state index in [0.717, 1.165) is 16.7 Å². The molecule has 0 fully saturated rings. The fourth-order valence-electron chi connectivity index (χ4n) is 3.70. The summed E-state index contributed by atoms with van der Waals surface area (Å²) in [6, 6.07) is 20.4. The number of carbonyl (C=O) groups excluding carboxylic acids is 2. The summed E-state index contributed by atoms with van der Waals surface area (Å²) in [5.41, 5.74) is 5.42. The molecule has 0 aliphatic carbocycles. The van der Waals surface area contributed by atoms with Crippen LogP contribution in [0.15, 0.2) is 72.4 Å². The van der Waals surface area contributed by atoms with Crippen LogP contribution >= 0.6 is 11.6 Å². The van der Waals surface area contributed by atoms with Gasteiger partial charge in [-0.25, -0.2) is 4.90 Å². The van der Waals surface area contributed by atoms with Crippen molar-refractivity contribution in [1.29, 1.82) is 0 Å². The van der Waals surface area contributed by atoms with Crippen LogP contribution < -0.4 is 10.2 Å². The highest BCUT2D eigenvalue weighted by Crippen LogP contribution is 2.35. The number of nitrogens with zero attached hydrogens (tertiary/aromatic N) is 1. The number of imide groups is 1. The zero-order valence-corrected chi connectivity index (χ0v) is 17.7. The molecule has 4 rings (SSSR count). The Hall–Kier alpha value is -3.37. The highest BCUT2D eigenvalue weighted by atomic mass is 35.5. The SMILES string of the molecule is Cc1cc(C)cc(N2C(=O)C(Nc3cc(Cl)ccc3C)=C(c3ccccc3)C2=O)c1. The molecule has 2 amide bonds. The number of amides is 2. The van der Waals surface area contributed by atoms with Crippen molar-refractivity contribution in [3.8, 4) is 0 Å². The Kier molecular flexibility index (Phi) is 5.18. The average Bonchev–Trinajstić information content (AvgIpc) is 2.94. The molecule has 4 nitrogen and oxygen atoms in total. The summed E-state index contributed by atoms with van der Waals surface area (Å²) >= 11 is 6.16. The molecule has 0 radical (unpaired) electrons. The van der Waals surface area contributed by atoms with Crippen LogP contribution in [0.3, 0.4) is 0 Å². The third-order valence-electron chi connectivity index (χ3n) is 5.07. The molecular weight excluding hydrogens is 396 g/mol. The second-order valence-corrected chi connectivity index (χ2v) is 7.93. The lowest BCUT2D eigenvalue weighted by Gasteiger charge is -2.17. The van der Waals surface area contributed by atoms with Gasteiger partial charge >= 0.3 is 0 Å². The van der Waals surface area contributed by atoms with Crippen LogP contribution in [0, 0.1) is 20.8 Å². The maximum Gasteiger partial charge on any atom is 0.282 e. The second kappa shape index (κ2) is 7.81. The van der Waals surface area contributed by atoms with Gasteiger partial charge in [0, 0.05) is 10.7 Å². The number of rotatable bonds is 4. The van der Waals surface area contributed by atoms with Gasteiger partial charge in [-0.15, -0.1) is 0 Å². The van der Waals surface area contributed by atoms with Crippen LogP contribution in [0.4, 0.5) is 11.4 Å². The van der Waals surface area contributed by atoms with Crippen LogP contribution in [-0.4, -0.2) is 11.8 Å². The van der Waals surface area contributed by atoms with Crippen molar-refractivity contribution in [2.45, 2.75) is 20.8 Å². The number of nitrogens with one attached hydrogen (secondary N) is 1. The van der Waals surface area contributed by atoms with Crippen molar-refractivity contribution in [2.75, 3.05) is 10.2 Å². The first-order chi connectivity index (χ1) is 14.3. The first-order valence-corrected chi connectivity index (χ1v) is 10.0. The van der Waals surface area contributed by atoms with Crippen molar-refractivity contribution < 1.29 is 9.59 Å². The smallest absolute Gasteiger partial charge is 0.282 e. The van der Waals surface area contributed by atoms with Crippen molar-refractivity contribution in [3.63, 3.8) is 0 Å². The predicted molar refractivity (Wildman–Crippen MR) is 122 cm³/mol. The molecule has 0 saturated carbocycles. The van der Waals surface area contributed by atoms with E-state index in [2.05, 4.69) is 5.32 Å². The number of hydrogen-bond donors (Lipinski definition) is 1. The van der Waals surface area contributed by atoms with E-state index >= 15 is 0 Å². The zero-order chi connectivity index (χ0) is 21.4. The Balaban J connectivity index is 1.86. The van der Waals surface area contributed by atoms with Crippen molar-refractivity contribution in [1.82, 2.24) is 0 Å². The molecule has 1 N–H and O–H groups in total. The highest BCUT2D eigenvalue weighted by molar-refractivity contribution is 6.46. The minimum absolute atomic E-state index is 0.246. The van der Waals surface area contributed by atoms with Gasteiger partial charge < -0.3 is 5.32 Å². The zero-order valence-electron chi connectivity index (χ0n) is 17.0. The number of halogens is 1. The third-order valence-corrected chi connectivity index (χ3v) is 5.31. The molecule has 3 aromatic carbocycles. The molecule has 5 heteroatoms. The lowest BCUT2D eigenvalue weighted by Crippen LogP contribution is -2.32. The molecule has 0 bridgehead atoms. The van der Waals surface area contributed by atoms with Crippen molar-refractivity contribution in [3.05, 3.63) is 99.7 Å². The summed E-state index contributed by atoms with van der Waals surface area (Å²) in [7, 11) is 0. The Morgan fingerprint density at radius 1 is 0.800 bits per heavy atom. The molecule has 150 valence electrons. The number of hydrogen-bond acceptors (Lipinski definition) is 3. The first kappa shape index (κ1) is 19.9. The van der Waals surface area contributed by atoms with Crippen LogP contribution in [0.1, 0.15) is 22.3 Å². The Morgan fingerprint density at radius 3 is 2.13 bits per heavy atom. The van der Waals surface area contributed by atoms with Gasteiger partial charge in [-0.2, -0.15) is 0 Å². The van der Waals surface area contributed by atoms with Crippen LogP contribution in [0.5, 0.6) is 0 Å².